The topological polar surface area (TPSA) is 59.6 Å². The highest BCUT2D eigenvalue weighted by Gasteiger charge is 2.32. The molecule has 5 nitrogen and oxygen atoms in total. The largest absolute Gasteiger partial charge is 0.496 e. The maximum absolute atomic E-state index is 12.4. The fourth-order valence-corrected chi connectivity index (χ4v) is 3.25. The molecule has 2 N–H and O–H groups in total. The van der Waals surface area contributed by atoms with Crippen molar-refractivity contribution in [3.63, 3.8) is 0 Å². The summed E-state index contributed by atoms with van der Waals surface area (Å²) in [5.74, 6) is 0.930. The molecular formula is C16H22N2O3. The van der Waals surface area contributed by atoms with Crippen molar-refractivity contribution < 1.29 is 14.3 Å². The van der Waals surface area contributed by atoms with Crippen molar-refractivity contribution in [2.45, 2.75) is 38.0 Å². The third kappa shape index (κ3) is 2.76. The zero-order chi connectivity index (χ0) is 14.8. The Labute approximate surface area is 125 Å². The van der Waals surface area contributed by atoms with E-state index in [0.29, 0.717) is 6.61 Å². The minimum Gasteiger partial charge on any atom is -0.496 e. The molecule has 3 atom stereocenters. The number of morpholine rings is 1. The molecular weight excluding hydrogens is 268 g/mol. The molecule has 21 heavy (non-hydrogen) atoms. The van der Waals surface area contributed by atoms with Crippen molar-refractivity contribution in [1.82, 2.24) is 10.6 Å². The molecule has 1 aliphatic heterocycles. The van der Waals surface area contributed by atoms with Gasteiger partial charge in [-0.1, -0.05) is 12.1 Å². The minimum atomic E-state index is -0.270. The van der Waals surface area contributed by atoms with Crippen LogP contribution in [0.25, 0.3) is 0 Å². The first-order chi connectivity index (χ1) is 10.2. The number of nitrogens with one attached hydrogen (secondary N) is 2. The van der Waals surface area contributed by atoms with Crippen LogP contribution in [0.4, 0.5) is 0 Å². The zero-order valence-corrected chi connectivity index (χ0v) is 12.5. The lowest BCUT2D eigenvalue weighted by molar-refractivity contribution is -0.129. The highest BCUT2D eigenvalue weighted by molar-refractivity contribution is 5.83. The van der Waals surface area contributed by atoms with Gasteiger partial charge in [0.25, 0.3) is 0 Å². The molecule has 1 fully saturated rings. The average Bonchev–Trinajstić information content (AvgIpc) is 2.91. The van der Waals surface area contributed by atoms with Crippen LogP contribution in [-0.2, 0) is 16.0 Å². The Kier molecular flexibility index (Phi) is 4.12. The SMILES string of the molecule is COc1cccc2c1CC[C@@H]2NC(=O)[C@H]1NCCO[C@@H]1C. The quantitative estimate of drug-likeness (QED) is 0.877. The lowest BCUT2D eigenvalue weighted by Gasteiger charge is -2.30. The van der Waals surface area contributed by atoms with Gasteiger partial charge in [-0.25, -0.2) is 0 Å². The van der Waals surface area contributed by atoms with Crippen LogP contribution >= 0.6 is 0 Å². The van der Waals surface area contributed by atoms with Crippen LogP contribution in [0.1, 0.15) is 30.5 Å². The van der Waals surface area contributed by atoms with Crippen molar-refractivity contribution in [2.75, 3.05) is 20.3 Å². The Bertz CT molecular complexity index is 532. The molecule has 1 saturated heterocycles. The van der Waals surface area contributed by atoms with E-state index in [0.717, 1.165) is 25.1 Å². The molecule has 2 aliphatic rings. The Morgan fingerprint density at radius 1 is 1.48 bits per heavy atom. The van der Waals surface area contributed by atoms with Gasteiger partial charge in [-0.2, -0.15) is 0 Å². The van der Waals surface area contributed by atoms with Crippen molar-refractivity contribution in [3.8, 4) is 5.75 Å². The molecule has 1 aromatic rings. The molecule has 1 heterocycles. The van der Waals surface area contributed by atoms with Crippen LogP contribution in [0.2, 0.25) is 0 Å². The molecule has 1 aromatic carbocycles. The van der Waals surface area contributed by atoms with Crippen LogP contribution in [0, 0.1) is 0 Å². The molecule has 1 amide bonds. The number of carbonyl (C=O) groups is 1. The summed E-state index contributed by atoms with van der Waals surface area (Å²) < 4.78 is 10.9. The summed E-state index contributed by atoms with van der Waals surface area (Å²) in [5.41, 5.74) is 2.39. The summed E-state index contributed by atoms with van der Waals surface area (Å²) in [5, 5.41) is 6.38. The van der Waals surface area contributed by atoms with Crippen LogP contribution in [0.5, 0.6) is 5.75 Å². The second-order valence-corrected chi connectivity index (χ2v) is 5.64. The van der Waals surface area contributed by atoms with Gasteiger partial charge in [0.15, 0.2) is 0 Å². The number of methoxy groups -OCH3 is 1. The van der Waals surface area contributed by atoms with Crippen LogP contribution in [0.15, 0.2) is 18.2 Å². The molecule has 0 radical (unpaired) electrons. The summed E-state index contributed by atoms with van der Waals surface area (Å²) >= 11 is 0. The van der Waals surface area contributed by atoms with Gasteiger partial charge in [0.2, 0.25) is 5.91 Å². The van der Waals surface area contributed by atoms with Gasteiger partial charge >= 0.3 is 0 Å². The standard InChI is InChI=1S/C16H22N2O3/c1-10-15(17-8-9-21-10)16(19)18-13-7-6-12-11(13)4-3-5-14(12)20-2/h3-5,10,13,15,17H,6-9H2,1-2H3,(H,18,19)/t10-,13+,15+/m1/s1. The summed E-state index contributed by atoms with van der Waals surface area (Å²) in [6, 6.07) is 5.82. The molecule has 0 unspecified atom stereocenters. The summed E-state index contributed by atoms with van der Waals surface area (Å²) in [6.07, 6.45) is 1.77. The van der Waals surface area contributed by atoms with E-state index in [-0.39, 0.29) is 24.1 Å². The first-order valence-electron chi connectivity index (χ1n) is 7.52. The highest BCUT2D eigenvalue weighted by Crippen LogP contribution is 2.36. The second-order valence-electron chi connectivity index (χ2n) is 5.64. The number of carbonyl (C=O) groups excluding carboxylic acids is 1. The number of rotatable bonds is 3. The molecule has 5 heteroatoms. The maximum Gasteiger partial charge on any atom is 0.240 e. The van der Waals surface area contributed by atoms with Crippen LogP contribution in [0.3, 0.4) is 0 Å². The van der Waals surface area contributed by atoms with Crippen molar-refractivity contribution in [2.24, 2.45) is 0 Å². The molecule has 0 aromatic heterocycles. The lowest BCUT2D eigenvalue weighted by atomic mass is 10.1. The number of hydrogen-bond acceptors (Lipinski definition) is 4. The van der Waals surface area contributed by atoms with Crippen LogP contribution in [-0.4, -0.2) is 38.3 Å². The van der Waals surface area contributed by atoms with Gasteiger partial charge < -0.3 is 20.1 Å². The molecule has 1 aliphatic carbocycles. The fourth-order valence-electron chi connectivity index (χ4n) is 3.25. The van der Waals surface area contributed by atoms with Gasteiger partial charge in [-0.15, -0.1) is 0 Å². The second kappa shape index (κ2) is 6.03. The molecule has 3 rings (SSSR count). The average molecular weight is 290 g/mol. The third-order valence-electron chi connectivity index (χ3n) is 4.36. The number of hydrogen-bond donors (Lipinski definition) is 2. The third-order valence-corrected chi connectivity index (χ3v) is 4.36. The van der Waals surface area contributed by atoms with Crippen LogP contribution < -0.4 is 15.4 Å². The monoisotopic (exact) mass is 290 g/mol. The van der Waals surface area contributed by atoms with Crippen molar-refractivity contribution in [1.29, 1.82) is 0 Å². The predicted octanol–water partition coefficient (Wildman–Crippen LogP) is 1.18. The van der Waals surface area contributed by atoms with Gasteiger partial charge in [0.05, 0.1) is 25.9 Å². The van der Waals surface area contributed by atoms with E-state index in [1.165, 1.54) is 11.1 Å². The maximum atomic E-state index is 12.4. The summed E-state index contributed by atoms with van der Waals surface area (Å²) in [7, 11) is 1.69. The zero-order valence-electron chi connectivity index (χ0n) is 12.5. The number of fused-ring (bicyclic) bond motifs is 1. The molecule has 114 valence electrons. The minimum absolute atomic E-state index is 0.0165. The Hall–Kier alpha value is -1.59. The normalized spacial score (nSPS) is 28.0. The van der Waals surface area contributed by atoms with Crippen molar-refractivity contribution >= 4 is 5.91 Å². The van der Waals surface area contributed by atoms with E-state index in [4.69, 9.17) is 9.47 Å². The highest BCUT2D eigenvalue weighted by atomic mass is 16.5. The van der Waals surface area contributed by atoms with Gasteiger partial charge in [0, 0.05) is 6.54 Å². The summed E-state index contributed by atoms with van der Waals surface area (Å²) in [6.45, 7) is 3.31. The first-order valence-corrected chi connectivity index (χ1v) is 7.52. The molecule has 0 saturated carbocycles. The van der Waals surface area contributed by atoms with E-state index in [1.807, 2.05) is 19.1 Å². The van der Waals surface area contributed by atoms with Gasteiger partial charge in [0.1, 0.15) is 11.8 Å². The van der Waals surface area contributed by atoms with Crippen molar-refractivity contribution in [3.05, 3.63) is 29.3 Å². The van der Waals surface area contributed by atoms with Gasteiger partial charge in [-0.3, -0.25) is 4.79 Å². The lowest BCUT2D eigenvalue weighted by Crippen LogP contribution is -2.55. The van der Waals surface area contributed by atoms with E-state index >= 15 is 0 Å². The number of amides is 1. The smallest absolute Gasteiger partial charge is 0.240 e. The molecule has 0 spiro atoms. The van der Waals surface area contributed by atoms with E-state index in [2.05, 4.69) is 16.7 Å². The Morgan fingerprint density at radius 3 is 3.10 bits per heavy atom. The number of benzene rings is 1. The first kappa shape index (κ1) is 14.4. The Morgan fingerprint density at radius 2 is 2.33 bits per heavy atom. The number of ether oxygens (including phenoxy) is 2. The fraction of sp³-hybridized carbons (Fsp3) is 0.562. The van der Waals surface area contributed by atoms with E-state index in [1.54, 1.807) is 7.11 Å². The van der Waals surface area contributed by atoms with E-state index < -0.39 is 0 Å². The summed E-state index contributed by atoms with van der Waals surface area (Å²) in [4.78, 5) is 12.4. The molecule has 0 bridgehead atoms. The predicted molar refractivity (Wildman–Crippen MR) is 79.4 cm³/mol. The Balaban J connectivity index is 1.72. The van der Waals surface area contributed by atoms with Gasteiger partial charge in [-0.05, 0) is 37.0 Å². The van der Waals surface area contributed by atoms with E-state index in [9.17, 15) is 4.79 Å².